The fourth-order valence-electron chi connectivity index (χ4n) is 10.3. The summed E-state index contributed by atoms with van der Waals surface area (Å²) in [6.07, 6.45) is 23.5. The fourth-order valence-corrected chi connectivity index (χ4v) is 10.5. The van der Waals surface area contributed by atoms with Gasteiger partial charge in [0.15, 0.2) is 0 Å². The smallest absolute Gasteiger partial charge is 0.0949 e. The third-order valence-corrected chi connectivity index (χ3v) is 13.7. The monoisotopic (exact) mass is 830 g/mol. The van der Waals surface area contributed by atoms with Gasteiger partial charge < -0.3 is 19.4 Å². The maximum absolute atomic E-state index is 6.51. The topological polar surface area (TPSA) is 76.7 Å². The number of hydrogen-bond acceptors (Lipinski definition) is 6. The first-order valence-corrected chi connectivity index (χ1v) is 22.7. The number of imidazole rings is 2. The molecular weight excluding hydrogens is 772 g/mol. The van der Waals surface area contributed by atoms with Crippen LogP contribution in [-0.4, -0.2) is 67.2 Å². The number of aromatic nitrogens is 6. The van der Waals surface area contributed by atoms with Crippen LogP contribution in [0, 0.1) is 32.6 Å². The third-order valence-electron chi connectivity index (χ3n) is 13.5. The first kappa shape index (κ1) is 41.2. The Bertz CT molecular complexity index is 2530. The van der Waals surface area contributed by atoms with Crippen LogP contribution >= 0.6 is 11.6 Å². The van der Waals surface area contributed by atoms with E-state index in [1.165, 1.54) is 87.2 Å². The van der Waals surface area contributed by atoms with Gasteiger partial charge in [-0.3, -0.25) is 9.97 Å². The molecule has 2 fully saturated rings. The molecule has 2 aromatic carbocycles. The number of pyridine rings is 2. The molecule has 0 radical (unpaired) electrons. The molecule has 2 aliphatic carbocycles. The van der Waals surface area contributed by atoms with Gasteiger partial charge in [0.1, 0.15) is 0 Å². The van der Waals surface area contributed by atoms with Crippen molar-refractivity contribution in [3.8, 4) is 0 Å². The lowest BCUT2D eigenvalue weighted by Crippen LogP contribution is -2.33. The Hall–Kier alpha value is -5.15. The molecular formula is C52H59ClN8. The van der Waals surface area contributed by atoms with E-state index in [2.05, 4.69) is 122 Å². The van der Waals surface area contributed by atoms with Gasteiger partial charge in [0, 0.05) is 54.7 Å². The lowest BCUT2D eigenvalue weighted by atomic mass is 9.76. The maximum atomic E-state index is 6.51. The molecule has 4 aromatic heterocycles. The highest BCUT2D eigenvalue weighted by atomic mass is 35.5. The van der Waals surface area contributed by atoms with Crippen molar-refractivity contribution in [1.82, 2.24) is 39.3 Å². The van der Waals surface area contributed by atoms with Gasteiger partial charge in [-0.25, -0.2) is 9.97 Å². The summed E-state index contributed by atoms with van der Waals surface area (Å²) in [4.78, 5) is 21.1. The minimum absolute atomic E-state index is 0.307. The molecule has 61 heavy (non-hydrogen) atoms. The summed E-state index contributed by atoms with van der Waals surface area (Å²) in [5, 5.41) is 4.33. The molecule has 2 saturated heterocycles. The van der Waals surface area contributed by atoms with E-state index in [0.717, 1.165) is 68.5 Å². The largest absolute Gasteiger partial charge is 0.337 e. The average Bonchev–Trinajstić information content (AvgIpc) is 3.83. The Balaban J connectivity index is 0.000000156. The second-order valence-corrected chi connectivity index (χ2v) is 18.2. The number of likely N-dealkylation sites (tertiary alicyclic amines) is 1. The summed E-state index contributed by atoms with van der Waals surface area (Å²) in [7, 11) is 2.22. The summed E-state index contributed by atoms with van der Waals surface area (Å²) in [5.41, 5.74) is 16.7. The highest BCUT2D eigenvalue weighted by Gasteiger charge is 2.35. The molecule has 2 atom stereocenters. The van der Waals surface area contributed by atoms with E-state index in [9.17, 15) is 0 Å². The number of halogens is 1. The number of benzene rings is 2. The normalized spacial score (nSPS) is 19.2. The molecule has 0 spiro atoms. The van der Waals surface area contributed by atoms with Crippen molar-refractivity contribution >= 4 is 34.9 Å². The second kappa shape index (κ2) is 18.4. The van der Waals surface area contributed by atoms with Crippen LogP contribution in [0.25, 0.3) is 23.3 Å². The van der Waals surface area contributed by atoms with Crippen LogP contribution in [0.3, 0.4) is 0 Å². The van der Waals surface area contributed by atoms with Crippen molar-refractivity contribution in [1.29, 1.82) is 0 Å². The van der Waals surface area contributed by atoms with Crippen LogP contribution < -0.4 is 5.32 Å². The van der Waals surface area contributed by atoms with Gasteiger partial charge in [0.2, 0.25) is 0 Å². The number of hydrogen-bond donors (Lipinski definition) is 1. The Morgan fingerprint density at radius 3 is 1.70 bits per heavy atom. The highest BCUT2D eigenvalue weighted by molar-refractivity contribution is 6.30. The quantitative estimate of drug-likeness (QED) is 0.165. The van der Waals surface area contributed by atoms with Crippen LogP contribution in [0.5, 0.6) is 0 Å². The molecule has 6 heterocycles. The Labute approximate surface area is 366 Å². The summed E-state index contributed by atoms with van der Waals surface area (Å²) < 4.78 is 4.37. The summed E-state index contributed by atoms with van der Waals surface area (Å²) >= 11 is 6.51. The molecule has 6 aromatic rings. The van der Waals surface area contributed by atoms with E-state index < -0.39 is 0 Å². The molecule has 4 aliphatic rings. The SMILES string of the molecule is Cc1ccc2c(c1)C(CCn1cnc(C)c1)=Cc1cccnc1C2C1CCNCC1.Cc1cn(CCC2=Cc3cccnc3C(C3CCN(C)CC3)c3ccc(Cl)cc32)cn1. The minimum Gasteiger partial charge on any atom is -0.337 e. The standard InChI is InChI=1S/C26H29ClN4.C26H30N4/c1-18-16-31(17-29-18)13-9-20-14-21-4-3-10-28-26(21)25(19-7-11-30(2)12-8-19)23-6-5-22(27)15-24(20)23;1-18-5-6-23-24(14-18)21(9-13-30-16-19(2)29-17-30)15-22-4-3-10-28-26(22)25(23)20-7-11-27-12-8-20/h3-6,10,14-17,19,25H,7-9,11-13H2,1-2H3;3-6,10,14-17,20,25,27H,7-9,11-13H2,1-2H3. The van der Waals surface area contributed by atoms with Crippen molar-refractivity contribution < 1.29 is 0 Å². The molecule has 8 nitrogen and oxygen atoms in total. The minimum atomic E-state index is 0.307. The van der Waals surface area contributed by atoms with Gasteiger partial charge in [-0.05, 0) is 185 Å². The Morgan fingerprint density at radius 2 is 1.16 bits per heavy atom. The Kier molecular flexibility index (Phi) is 12.5. The van der Waals surface area contributed by atoms with Gasteiger partial charge in [0.05, 0.1) is 35.4 Å². The van der Waals surface area contributed by atoms with E-state index in [4.69, 9.17) is 21.6 Å². The lowest BCUT2D eigenvalue weighted by molar-refractivity contribution is 0.206. The van der Waals surface area contributed by atoms with Gasteiger partial charge in [-0.1, -0.05) is 53.6 Å². The van der Waals surface area contributed by atoms with Crippen LogP contribution in [0.1, 0.15) is 112 Å². The number of nitrogens with zero attached hydrogens (tertiary/aromatic N) is 7. The zero-order valence-corrected chi connectivity index (χ0v) is 37.0. The first-order chi connectivity index (χ1) is 29.8. The van der Waals surface area contributed by atoms with Crippen molar-refractivity contribution in [3.05, 3.63) is 165 Å². The molecule has 10 rings (SSSR count). The molecule has 2 unspecified atom stereocenters. The van der Waals surface area contributed by atoms with Crippen molar-refractivity contribution in [2.75, 3.05) is 33.2 Å². The van der Waals surface area contributed by atoms with E-state index in [1.807, 2.05) is 45.0 Å². The van der Waals surface area contributed by atoms with E-state index in [0.29, 0.717) is 23.7 Å². The van der Waals surface area contributed by atoms with Gasteiger partial charge in [-0.2, -0.15) is 0 Å². The predicted octanol–water partition coefficient (Wildman–Crippen LogP) is 10.6. The number of piperidine rings is 2. The van der Waals surface area contributed by atoms with Gasteiger partial charge in [0.25, 0.3) is 0 Å². The van der Waals surface area contributed by atoms with Crippen molar-refractivity contribution in [2.24, 2.45) is 11.8 Å². The molecule has 1 N–H and O–H groups in total. The molecule has 314 valence electrons. The van der Waals surface area contributed by atoms with E-state index in [1.54, 1.807) is 0 Å². The molecule has 2 aliphatic heterocycles. The number of aryl methyl sites for hydroxylation is 5. The molecule has 0 bridgehead atoms. The molecule has 0 saturated carbocycles. The molecule has 0 amide bonds. The zero-order valence-electron chi connectivity index (χ0n) is 36.2. The first-order valence-electron chi connectivity index (χ1n) is 22.3. The lowest BCUT2D eigenvalue weighted by Gasteiger charge is -2.35. The predicted molar refractivity (Wildman–Crippen MR) is 250 cm³/mol. The van der Waals surface area contributed by atoms with Gasteiger partial charge >= 0.3 is 0 Å². The van der Waals surface area contributed by atoms with Crippen LogP contribution in [0.15, 0.2) is 98.1 Å². The number of nitrogens with one attached hydrogen (secondary N) is 1. The van der Waals surface area contributed by atoms with E-state index in [-0.39, 0.29) is 0 Å². The van der Waals surface area contributed by atoms with Crippen molar-refractivity contribution in [3.63, 3.8) is 0 Å². The van der Waals surface area contributed by atoms with Crippen LogP contribution in [-0.2, 0) is 13.1 Å². The fraction of sp³-hybridized carbons (Fsp3) is 0.385. The Morgan fingerprint density at radius 1 is 0.639 bits per heavy atom. The summed E-state index contributed by atoms with van der Waals surface area (Å²) in [5.74, 6) is 1.89. The maximum Gasteiger partial charge on any atom is 0.0949 e. The average molecular weight is 832 g/mol. The number of rotatable bonds is 8. The molecule has 9 heteroatoms. The number of allylic oxidation sites excluding steroid dienone is 2. The van der Waals surface area contributed by atoms with Gasteiger partial charge in [-0.15, -0.1) is 0 Å². The highest BCUT2D eigenvalue weighted by Crippen LogP contribution is 2.47. The van der Waals surface area contributed by atoms with Crippen LogP contribution in [0.4, 0.5) is 0 Å². The third kappa shape index (κ3) is 9.23. The van der Waals surface area contributed by atoms with E-state index >= 15 is 0 Å². The summed E-state index contributed by atoms with van der Waals surface area (Å²) in [6.45, 7) is 12.6. The van der Waals surface area contributed by atoms with Crippen LogP contribution in [0.2, 0.25) is 5.02 Å². The summed E-state index contributed by atoms with van der Waals surface area (Å²) in [6, 6.07) is 22.1. The second-order valence-electron chi connectivity index (χ2n) is 17.8. The zero-order chi connectivity index (χ0) is 41.9. The van der Waals surface area contributed by atoms with Crippen molar-refractivity contribution in [2.45, 2.75) is 84.2 Å². The number of fused-ring (bicyclic) bond motifs is 4.